The molecule has 3 heteroatoms. The smallest absolute Gasteiger partial charge is 0.253 e. The number of aromatic nitrogens is 1. The molecule has 0 aliphatic carbocycles. The van der Waals surface area contributed by atoms with Crippen LogP contribution in [0.5, 0.6) is 5.88 Å². The summed E-state index contributed by atoms with van der Waals surface area (Å²) in [5, 5.41) is 0. The van der Waals surface area contributed by atoms with Gasteiger partial charge in [0.25, 0.3) is 5.56 Å². The first-order chi connectivity index (χ1) is 5.15. The Balaban J connectivity index is 3.32. The molecule has 0 fully saturated rings. The molecule has 0 aromatic carbocycles. The number of rotatable bonds is 1. The Morgan fingerprint density at radius 3 is 2.55 bits per heavy atom. The molecule has 0 unspecified atom stereocenters. The minimum atomic E-state index is -0.0903. The molecule has 0 saturated heterocycles. The highest BCUT2D eigenvalue weighted by Crippen LogP contribution is 2.10. The van der Waals surface area contributed by atoms with Crippen LogP contribution in [0.15, 0.2) is 10.9 Å². The standard InChI is InChI=1S/C8H11NO2/c1-5-4-6(2)8(11-3)9-7(5)10/h4H,1-3H3,(H,9,10). The van der Waals surface area contributed by atoms with Crippen molar-refractivity contribution in [3.8, 4) is 5.88 Å². The first-order valence-corrected chi connectivity index (χ1v) is 3.39. The van der Waals surface area contributed by atoms with E-state index in [1.165, 1.54) is 7.11 Å². The lowest BCUT2D eigenvalue weighted by molar-refractivity contribution is 0.393. The van der Waals surface area contributed by atoms with Gasteiger partial charge in [-0.05, 0) is 19.9 Å². The van der Waals surface area contributed by atoms with E-state index in [4.69, 9.17) is 4.74 Å². The molecular formula is C8H11NO2. The zero-order valence-corrected chi connectivity index (χ0v) is 6.89. The number of pyridine rings is 1. The maximum Gasteiger partial charge on any atom is 0.253 e. The maximum absolute atomic E-state index is 11.0. The molecule has 60 valence electrons. The molecule has 0 radical (unpaired) electrons. The molecule has 0 aliphatic rings. The van der Waals surface area contributed by atoms with E-state index < -0.39 is 0 Å². The van der Waals surface area contributed by atoms with Gasteiger partial charge in [-0.2, -0.15) is 0 Å². The molecule has 0 amide bonds. The lowest BCUT2D eigenvalue weighted by Crippen LogP contribution is -2.10. The van der Waals surface area contributed by atoms with Crippen molar-refractivity contribution in [2.24, 2.45) is 0 Å². The molecule has 11 heavy (non-hydrogen) atoms. The largest absolute Gasteiger partial charge is 0.482 e. The van der Waals surface area contributed by atoms with Gasteiger partial charge in [-0.15, -0.1) is 0 Å². The third-order valence-corrected chi connectivity index (χ3v) is 1.58. The topological polar surface area (TPSA) is 42.1 Å². The van der Waals surface area contributed by atoms with E-state index in [-0.39, 0.29) is 5.56 Å². The molecule has 0 atom stereocenters. The van der Waals surface area contributed by atoms with E-state index >= 15 is 0 Å². The summed E-state index contributed by atoms with van der Waals surface area (Å²) in [6.07, 6.45) is 0. The van der Waals surface area contributed by atoms with Gasteiger partial charge in [-0.1, -0.05) is 0 Å². The second-order valence-electron chi connectivity index (χ2n) is 2.50. The van der Waals surface area contributed by atoms with Gasteiger partial charge >= 0.3 is 0 Å². The summed E-state index contributed by atoms with van der Waals surface area (Å²) in [6.45, 7) is 3.66. The number of ether oxygens (including phenoxy) is 1. The van der Waals surface area contributed by atoms with Crippen molar-refractivity contribution >= 4 is 0 Å². The first kappa shape index (κ1) is 7.85. The van der Waals surface area contributed by atoms with Crippen LogP contribution in [0, 0.1) is 13.8 Å². The number of nitrogens with one attached hydrogen (secondary N) is 1. The highest BCUT2D eigenvalue weighted by molar-refractivity contribution is 5.27. The number of aromatic amines is 1. The minimum Gasteiger partial charge on any atom is -0.482 e. The number of hydrogen-bond acceptors (Lipinski definition) is 2. The monoisotopic (exact) mass is 153 g/mol. The van der Waals surface area contributed by atoms with Gasteiger partial charge < -0.3 is 4.74 Å². The normalized spacial score (nSPS) is 9.73. The molecule has 1 N–H and O–H groups in total. The number of hydrogen-bond donors (Lipinski definition) is 1. The van der Waals surface area contributed by atoms with Gasteiger partial charge in [0.05, 0.1) is 7.11 Å². The average Bonchev–Trinajstić information content (AvgIpc) is 1.97. The predicted molar refractivity (Wildman–Crippen MR) is 43.1 cm³/mol. The highest BCUT2D eigenvalue weighted by atomic mass is 16.5. The van der Waals surface area contributed by atoms with Gasteiger partial charge in [-0.25, -0.2) is 0 Å². The summed E-state index contributed by atoms with van der Waals surface area (Å²) in [5.74, 6) is 0.542. The van der Waals surface area contributed by atoms with Crippen LogP contribution in [0.3, 0.4) is 0 Å². The fourth-order valence-corrected chi connectivity index (χ4v) is 0.968. The Morgan fingerprint density at radius 1 is 1.36 bits per heavy atom. The summed E-state index contributed by atoms with van der Waals surface area (Å²) >= 11 is 0. The average molecular weight is 153 g/mol. The molecule has 1 aromatic heterocycles. The summed E-state index contributed by atoms with van der Waals surface area (Å²) in [7, 11) is 1.54. The van der Waals surface area contributed by atoms with Crippen LogP contribution in [-0.4, -0.2) is 12.1 Å². The SMILES string of the molecule is COc1[nH]c(=O)c(C)cc1C. The zero-order chi connectivity index (χ0) is 8.43. The minimum absolute atomic E-state index is 0.0903. The Bertz CT molecular complexity index is 314. The third-order valence-electron chi connectivity index (χ3n) is 1.58. The number of aryl methyl sites for hydroxylation is 2. The van der Waals surface area contributed by atoms with Gasteiger partial charge in [-0.3, -0.25) is 9.78 Å². The Morgan fingerprint density at radius 2 is 2.00 bits per heavy atom. The van der Waals surface area contributed by atoms with Crippen LogP contribution in [0.4, 0.5) is 0 Å². The third kappa shape index (κ3) is 1.42. The lowest BCUT2D eigenvalue weighted by atomic mass is 10.2. The van der Waals surface area contributed by atoms with Crippen LogP contribution >= 0.6 is 0 Å². The van der Waals surface area contributed by atoms with Crippen molar-refractivity contribution in [1.29, 1.82) is 0 Å². The van der Waals surface area contributed by atoms with Crippen LogP contribution in [0.25, 0.3) is 0 Å². The van der Waals surface area contributed by atoms with Crippen molar-refractivity contribution in [1.82, 2.24) is 4.98 Å². The fourth-order valence-electron chi connectivity index (χ4n) is 0.968. The van der Waals surface area contributed by atoms with Crippen molar-refractivity contribution in [3.05, 3.63) is 27.5 Å². The molecule has 3 nitrogen and oxygen atoms in total. The first-order valence-electron chi connectivity index (χ1n) is 3.39. The zero-order valence-electron chi connectivity index (χ0n) is 6.89. The van der Waals surface area contributed by atoms with Crippen molar-refractivity contribution in [3.63, 3.8) is 0 Å². The van der Waals surface area contributed by atoms with Crippen LogP contribution in [0.1, 0.15) is 11.1 Å². The maximum atomic E-state index is 11.0. The predicted octanol–water partition coefficient (Wildman–Crippen LogP) is 1.00. The van der Waals surface area contributed by atoms with Crippen LogP contribution < -0.4 is 10.3 Å². The van der Waals surface area contributed by atoms with Crippen LogP contribution in [-0.2, 0) is 0 Å². The lowest BCUT2D eigenvalue weighted by Gasteiger charge is -2.03. The molecular weight excluding hydrogens is 142 g/mol. The van der Waals surface area contributed by atoms with E-state index in [1.54, 1.807) is 13.0 Å². The summed E-state index contributed by atoms with van der Waals surface area (Å²) < 4.78 is 4.93. The number of methoxy groups -OCH3 is 1. The second kappa shape index (κ2) is 2.78. The van der Waals surface area contributed by atoms with E-state index in [9.17, 15) is 4.79 Å². The molecule has 1 heterocycles. The van der Waals surface area contributed by atoms with E-state index in [1.807, 2.05) is 6.92 Å². The van der Waals surface area contributed by atoms with Crippen LogP contribution in [0.2, 0.25) is 0 Å². The van der Waals surface area contributed by atoms with Gasteiger partial charge in [0.2, 0.25) is 0 Å². The molecule has 0 aliphatic heterocycles. The molecule has 1 aromatic rings. The van der Waals surface area contributed by atoms with Crippen molar-refractivity contribution in [2.75, 3.05) is 7.11 Å². The molecule has 0 spiro atoms. The molecule has 0 bridgehead atoms. The van der Waals surface area contributed by atoms with Gasteiger partial charge in [0, 0.05) is 11.1 Å². The summed E-state index contributed by atoms with van der Waals surface area (Å²) in [5.41, 5.74) is 1.57. The van der Waals surface area contributed by atoms with E-state index in [0.717, 1.165) is 5.56 Å². The Kier molecular flexibility index (Phi) is 1.98. The molecule has 0 saturated carbocycles. The van der Waals surface area contributed by atoms with Crippen molar-refractivity contribution < 1.29 is 4.74 Å². The quantitative estimate of drug-likeness (QED) is 0.654. The summed E-state index contributed by atoms with van der Waals surface area (Å²) in [4.78, 5) is 13.6. The van der Waals surface area contributed by atoms with E-state index in [2.05, 4.69) is 4.98 Å². The van der Waals surface area contributed by atoms with Gasteiger partial charge in [0.1, 0.15) is 0 Å². The second-order valence-corrected chi connectivity index (χ2v) is 2.50. The Labute approximate surface area is 65.0 Å². The van der Waals surface area contributed by atoms with E-state index in [0.29, 0.717) is 11.4 Å². The fraction of sp³-hybridized carbons (Fsp3) is 0.375. The number of H-pyrrole nitrogens is 1. The Hall–Kier alpha value is -1.25. The highest BCUT2D eigenvalue weighted by Gasteiger charge is 2.00. The van der Waals surface area contributed by atoms with Crippen molar-refractivity contribution in [2.45, 2.75) is 13.8 Å². The summed E-state index contributed by atoms with van der Waals surface area (Å²) in [6, 6.07) is 1.80. The van der Waals surface area contributed by atoms with Gasteiger partial charge in [0.15, 0.2) is 5.88 Å². The molecule has 1 rings (SSSR count).